The first-order valence-electron chi connectivity index (χ1n) is 17.8. The minimum absolute atomic E-state index is 0.00343. The van der Waals surface area contributed by atoms with Crippen LogP contribution in [-0.4, -0.2) is 77.5 Å². The number of nitrogens with zero attached hydrogens (tertiary/aromatic N) is 1. The minimum atomic E-state index is -3.81. The van der Waals surface area contributed by atoms with Crippen molar-refractivity contribution in [3.63, 3.8) is 0 Å². The molecule has 14 heteroatoms. The maximum absolute atomic E-state index is 14.4. The summed E-state index contributed by atoms with van der Waals surface area (Å²) in [7, 11) is -2.62. The van der Waals surface area contributed by atoms with Crippen molar-refractivity contribution in [3.05, 3.63) is 78.4 Å². The van der Waals surface area contributed by atoms with Gasteiger partial charge in [-0.15, -0.1) is 11.8 Å². The predicted octanol–water partition coefficient (Wildman–Crippen LogP) is 5.34. The van der Waals surface area contributed by atoms with Gasteiger partial charge in [0.05, 0.1) is 34.9 Å². The summed E-state index contributed by atoms with van der Waals surface area (Å²) in [6.45, 7) is 3.49. The molecule has 0 aliphatic carbocycles. The molecule has 0 unspecified atom stereocenters. The number of esters is 1. The second kappa shape index (κ2) is 19.5. The van der Waals surface area contributed by atoms with Gasteiger partial charge in [0.15, 0.2) is 16.4 Å². The van der Waals surface area contributed by atoms with Crippen LogP contribution in [0, 0.1) is 5.41 Å². The van der Waals surface area contributed by atoms with E-state index in [1.165, 1.54) is 24.9 Å². The lowest BCUT2D eigenvalue weighted by atomic mass is 9.79. The van der Waals surface area contributed by atoms with Gasteiger partial charge in [0.2, 0.25) is 11.8 Å². The number of amides is 3. The number of ether oxygens (including phenoxy) is 2. The number of sulfone groups is 1. The zero-order valence-corrected chi connectivity index (χ0v) is 32.4. The Bertz CT molecular complexity index is 1820. The third-order valence-corrected chi connectivity index (χ3v) is 11.9. The molecule has 4 rings (SSSR count). The summed E-state index contributed by atoms with van der Waals surface area (Å²) in [5.74, 6) is -2.32. The van der Waals surface area contributed by atoms with E-state index < -0.39 is 58.1 Å². The highest BCUT2D eigenvalue weighted by Crippen LogP contribution is 2.47. The summed E-state index contributed by atoms with van der Waals surface area (Å²) in [6.07, 6.45) is 7.19. The van der Waals surface area contributed by atoms with E-state index in [9.17, 15) is 27.6 Å². The minimum Gasteiger partial charge on any atom is -0.483 e. The number of nitrogens with one attached hydrogen (secondary N) is 3. The average molecular weight is 767 g/mol. The molecule has 1 aliphatic heterocycles. The SMILES string of the molecule is CCCCC1(CCCC)CN(c2ccccc2)c2cc(SC)c(OCC(=O)N[C@@H](C(=O)NCC(=O)NCC(=O)OC)c3ccccc3)cc2S(=O)(=O)C1. The Morgan fingerprint density at radius 1 is 0.887 bits per heavy atom. The third kappa shape index (κ3) is 11.2. The van der Waals surface area contributed by atoms with Gasteiger partial charge in [0.25, 0.3) is 5.91 Å². The number of fused-ring (bicyclic) bond motifs is 1. The van der Waals surface area contributed by atoms with Crippen LogP contribution >= 0.6 is 11.8 Å². The van der Waals surface area contributed by atoms with Gasteiger partial charge >= 0.3 is 5.97 Å². The lowest BCUT2D eigenvalue weighted by molar-refractivity contribution is -0.141. The molecule has 12 nitrogen and oxygen atoms in total. The van der Waals surface area contributed by atoms with Crippen molar-refractivity contribution in [2.24, 2.45) is 5.41 Å². The number of unbranched alkanes of at least 4 members (excludes halogenated alkanes) is 2. The van der Waals surface area contributed by atoms with Crippen LogP contribution in [0.3, 0.4) is 0 Å². The normalized spacial score (nSPS) is 14.9. The number of benzene rings is 3. The van der Waals surface area contributed by atoms with E-state index in [2.05, 4.69) is 39.4 Å². The molecule has 3 aromatic rings. The smallest absolute Gasteiger partial charge is 0.325 e. The fraction of sp³-hybridized carbons (Fsp3) is 0.436. The Hall–Kier alpha value is -4.56. The average Bonchev–Trinajstić information content (AvgIpc) is 3.27. The summed E-state index contributed by atoms with van der Waals surface area (Å²) >= 11 is 1.37. The molecule has 0 bridgehead atoms. The first kappa shape index (κ1) is 41.2. The van der Waals surface area contributed by atoms with Crippen molar-refractivity contribution in [1.82, 2.24) is 16.0 Å². The van der Waals surface area contributed by atoms with Crippen LogP contribution in [-0.2, 0) is 33.8 Å². The molecule has 0 fully saturated rings. The zero-order valence-electron chi connectivity index (χ0n) is 30.8. The van der Waals surface area contributed by atoms with E-state index in [1.54, 1.807) is 30.3 Å². The highest BCUT2D eigenvalue weighted by molar-refractivity contribution is 7.98. The lowest BCUT2D eigenvalue weighted by Crippen LogP contribution is -2.45. The van der Waals surface area contributed by atoms with E-state index >= 15 is 0 Å². The largest absolute Gasteiger partial charge is 0.483 e. The highest BCUT2D eigenvalue weighted by atomic mass is 32.2. The first-order chi connectivity index (χ1) is 25.5. The van der Waals surface area contributed by atoms with Crippen molar-refractivity contribution in [3.8, 4) is 5.75 Å². The van der Waals surface area contributed by atoms with Gasteiger partial charge < -0.3 is 30.3 Å². The molecule has 0 saturated heterocycles. The molecule has 1 heterocycles. The number of hydrogen-bond donors (Lipinski definition) is 3. The van der Waals surface area contributed by atoms with Crippen LogP contribution in [0.1, 0.15) is 64.0 Å². The molecule has 1 aliphatic rings. The van der Waals surface area contributed by atoms with E-state index in [4.69, 9.17) is 4.74 Å². The van der Waals surface area contributed by atoms with Crippen LogP contribution in [0.25, 0.3) is 0 Å². The van der Waals surface area contributed by atoms with Gasteiger partial charge in [-0.05, 0) is 42.9 Å². The predicted molar refractivity (Wildman–Crippen MR) is 206 cm³/mol. The molecular formula is C39H50N4O8S2. The van der Waals surface area contributed by atoms with E-state index in [-0.39, 0.29) is 22.9 Å². The van der Waals surface area contributed by atoms with E-state index in [0.29, 0.717) is 22.7 Å². The van der Waals surface area contributed by atoms with Crippen LogP contribution < -0.4 is 25.6 Å². The van der Waals surface area contributed by atoms with E-state index in [1.807, 2.05) is 42.7 Å². The van der Waals surface area contributed by atoms with Crippen molar-refractivity contribution in [1.29, 1.82) is 0 Å². The molecule has 0 aromatic heterocycles. The number of anilines is 2. The van der Waals surface area contributed by atoms with Gasteiger partial charge in [-0.25, -0.2) is 8.42 Å². The summed E-state index contributed by atoms with van der Waals surface area (Å²) in [6, 6.07) is 20.5. The van der Waals surface area contributed by atoms with Crippen molar-refractivity contribution in [2.75, 3.05) is 50.3 Å². The summed E-state index contributed by atoms with van der Waals surface area (Å²) in [5.41, 5.74) is 1.47. The Kier molecular flexibility index (Phi) is 15.2. The molecular weight excluding hydrogens is 717 g/mol. The van der Waals surface area contributed by atoms with Gasteiger partial charge in [-0.2, -0.15) is 0 Å². The lowest BCUT2D eigenvalue weighted by Gasteiger charge is -2.37. The molecule has 0 radical (unpaired) electrons. The molecule has 0 spiro atoms. The van der Waals surface area contributed by atoms with Crippen molar-refractivity contribution >= 4 is 56.7 Å². The second-order valence-electron chi connectivity index (χ2n) is 13.1. The number of rotatable bonds is 18. The maximum Gasteiger partial charge on any atom is 0.325 e. The molecule has 286 valence electrons. The summed E-state index contributed by atoms with van der Waals surface area (Å²) in [5, 5.41) is 7.50. The Morgan fingerprint density at radius 2 is 1.53 bits per heavy atom. The number of methoxy groups -OCH3 is 1. The van der Waals surface area contributed by atoms with E-state index in [0.717, 1.165) is 44.2 Å². The number of carbonyl (C=O) groups is 4. The second-order valence-corrected chi connectivity index (χ2v) is 15.9. The molecule has 3 aromatic carbocycles. The zero-order chi connectivity index (χ0) is 38.4. The van der Waals surface area contributed by atoms with Crippen molar-refractivity contribution in [2.45, 2.75) is 68.2 Å². The fourth-order valence-electron chi connectivity index (χ4n) is 6.45. The van der Waals surface area contributed by atoms with Crippen LogP contribution in [0.15, 0.2) is 82.6 Å². The molecule has 0 saturated carbocycles. The number of thioether (sulfide) groups is 1. The summed E-state index contributed by atoms with van der Waals surface area (Å²) in [4.78, 5) is 53.0. The monoisotopic (exact) mass is 766 g/mol. The molecule has 53 heavy (non-hydrogen) atoms. The van der Waals surface area contributed by atoms with Gasteiger partial charge in [0, 0.05) is 23.7 Å². The highest BCUT2D eigenvalue weighted by Gasteiger charge is 2.42. The van der Waals surface area contributed by atoms with Crippen LogP contribution in [0.2, 0.25) is 0 Å². The molecule has 3 N–H and O–H groups in total. The fourth-order valence-corrected chi connectivity index (χ4v) is 9.11. The number of para-hydroxylation sites is 1. The Labute approximate surface area is 316 Å². The van der Waals surface area contributed by atoms with Crippen molar-refractivity contribution < 1.29 is 37.1 Å². The quantitative estimate of drug-likeness (QED) is 0.114. The Morgan fingerprint density at radius 3 is 2.13 bits per heavy atom. The number of hydrogen-bond acceptors (Lipinski definition) is 10. The topological polar surface area (TPSA) is 160 Å². The van der Waals surface area contributed by atoms with Crippen LogP contribution in [0.5, 0.6) is 5.75 Å². The van der Waals surface area contributed by atoms with Gasteiger partial charge in [0.1, 0.15) is 18.3 Å². The van der Waals surface area contributed by atoms with Gasteiger partial charge in [-0.1, -0.05) is 88.1 Å². The first-order valence-corrected chi connectivity index (χ1v) is 20.7. The Balaban J connectivity index is 1.61. The molecule has 1 atom stereocenters. The maximum atomic E-state index is 14.4. The van der Waals surface area contributed by atoms with Crippen LogP contribution in [0.4, 0.5) is 11.4 Å². The standard InChI is InChI=1S/C39H50N4O8S2/c1-5-7-19-39(20-8-6-2)26-43(29-17-13-10-14-18-29)30-21-32(52-4)31(22-33(30)53(48,49)27-39)51-25-35(45)42-37(28-15-11-9-12-16-28)38(47)41-23-34(44)40-24-36(46)50-3/h9-18,21-22,37H,5-8,19-20,23-27H2,1-4H3,(H,40,44)(H,41,47)(H,42,45)/t37-/m1/s1. The third-order valence-electron chi connectivity index (χ3n) is 9.19. The number of carbonyl (C=O) groups excluding carboxylic acids is 4. The summed E-state index contributed by atoms with van der Waals surface area (Å²) < 4.78 is 39.4. The molecule has 3 amide bonds. The van der Waals surface area contributed by atoms with Gasteiger partial charge in [-0.3, -0.25) is 19.2 Å².